The van der Waals surface area contributed by atoms with Gasteiger partial charge in [0.25, 0.3) is 0 Å². The molecule has 76 valence electrons. The highest BCUT2D eigenvalue weighted by atomic mass is 79.9. The standard InChI is InChI=1S/C9H8Br2ClNO/c10-4-3-9(14)13-6-1-2-8(12)7(11)5-6/h1-2,5H,3-4H2,(H,13,14). The van der Waals surface area contributed by atoms with E-state index in [2.05, 4.69) is 37.2 Å². The second-order valence-electron chi connectivity index (χ2n) is 2.62. The van der Waals surface area contributed by atoms with E-state index in [9.17, 15) is 4.79 Å². The minimum absolute atomic E-state index is 0.0175. The third kappa shape index (κ3) is 3.59. The predicted molar refractivity (Wildman–Crippen MR) is 66.2 cm³/mol. The summed E-state index contributed by atoms with van der Waals surface area (Å²) < 4.78 is 0.774. The van der Waals surface area contributed by atoms with Gasteiger partial charge in [0.1, 0.15) is 0 Å². The molecule has 0 aliphatic carbocycles. The summed E-state index contributed by atoms with van der Waals surface area (Å²) in [5.41, 5.74) is 0.743. The van der Waals surface area contributed by atoms with Crippen LogP contribution in [0.5, 0.6) is 0 Å². The van der Waals surface area contributed by atoms with Gasteiger partial charge >= 0.3 is 0 Å². The Kier molecular flexibility index (Phi) is 4.92. The smallest absolute Gasteiger partial charge is 0.225 e. The second kappa shape index (κ2) is 5.73. The largest absolute Gasteiger partial charge is 0.326 e. The summed E-state index contributed by atoms with van der Waals surface area (Å²) in [6.07, 6.45) is 0.459. The number of hydrogen-bond donors (Lipinski definition) is 1. The number of anilines is 1. The number of rotatable bonds is 3. The van der Waals surface area contributed by atoms with Crippen molar-refractivity contribution in [3.8, 4) is 0 Å². The molecule has 1 rings (SSSR count). The lowest BCUT2D eigenvalue weighted by molar-refractivity contribution is -0.115. The van der Waals surface area contributed by atoms with Gasteiger partial charge < -0.3 is 5.32 Å². The molecule has 14 heavy (non-hydrogen) atoms. The third-order valence-corrected chi connectivity index (χ3v) is 3.14. The Balaban J connectivity index is 2.68. The van der Waals surface area contributed by atoms with Crippen LogP contribution in [0.3, 0.4) is 0 Å². The van der Waals surface area contributed by atoms with Crippen LogP contribution in [-0.2, 0) is 4.79 Å². The van der Waals surface area contributed by atoms with Crippen LogP contribution in [0.25, 0.3) is 0 Å². The van der Waals surface area contributed by atoms with Gasteiger partial charge in [-0.05, 0) is 34.1 Å². The zero-order chi connectivity index (χ0) is 10.6. The van der Waals surface area contributed by atoms with Gasteiger partial charge in [0.2, 0.25) is 5.91 Å². The maximum absolute atomic E-state index is 11.2. The first kappa shape index (κ1) is 12.0. The monoisotopic (exact) mass is 339 g/mol. The maximum Gasteiger partial charge on any atom is 0.225 e. The lowest BCUT2D eigenvalue weighted by Gasteiger charge is -2.04. The fourth-order valence-corrected chi connectivity index (χ4v) is 1.74. The molecule has 0 aliphatic rings. The number of nitrogens with one attached hydrogen (secondary N) is 1. The molecular formula is C9H8Br2ClNO. The molecular weight excluding hydrogens is 333 g/mol. The van der Waals surface area contributed by atoms with E-state index in [1.54, 1.807) is 18.2 Å². The molecule has 1 aromatic rings. The highest BCUT2D eigenvalue weighted by molar-refractivity contribution is 9.10. The van der Waals surface area contributed by atoms with Gasteiger partial charge in [-0.15, -0.1) is 0 Å². The van der Waals surface area contributed by atoms with E-state index in [0.29, 0.717) is 16.8 Å². The first-order valence-electron chi connectivity index (χ1n) is 3.94. The molecule has 0 fully saturated rings. The molecule has 2 nitrogen and oxygen atoms in total. The fraction of sp³-hybridized carbons (Fsp3) is 0.222. The van der Waals surface area contributed by atoms with Gasteiger partial charge in [-0.2, -0.15) is 0 Å². The molecule has 0 spiro atoms. The van der Waals surface area contributed by atoms with Crippen molar-refractivity contribution < 1.29 is 4.79 Å². The highest BCUT2D eigenvalue weighted by Gasteiger charge is 2.02. The van der Waals surface area contributed by atoms with E-state index in [-0.39, 0.29) is 5.91 Å². The van der Waals surface area contributed by atoms with Crippen LogP contribution in [-0.4, -0.2) is 11.2 Å². The summed E-state index contributed by atoms with van der Waals surface area (Å²) in [5, 5.41) is 4.04. The van der Waals surface area contributed by atoms with E-state index in [0.717, 1.165) is 10.2 Å². The van der Waals surface area contributed by atoms with Crippen LogP contribution in [0.15, 0.2) is 22.7 Å². The fourth-order valence-electron chi connectivity index (χ4n) is 0.883. The summed E-state index contributed by atoms with van der Waals surface area (Å²) in [5.74, 6) is -0.0175. The Bertz CT molecular complexity index is 344. The summed E-state index contributed by atoms with van der Waals surface area (Å²) in [7, 11) is 0. The van der Waals surface area contributed by atoms with Crippen LogP contribution in [0, 0.1) is 0 Å². The Morgan fingerprint density at radius 2 is 2.21 bits per heavy atom. The number of amides is 1. The van der Waals surface area contributed by atoms with Crippen LogP contribution >= 0.6 is 43.5 Å². The van der Waals surface area contributed by atoms with Gasteiger partial charge in [0.05, 0.1) is 5.02 Å². The average molecular weight is 341 g/mol. The summed E-state index contributed by atoms with van der Waals surface area (Å²) in [6.45, 7) is 0. The molecule has 0 heterocycles. The zero-order valence-corrected chi connectivity index (χ0v) is 11.1. The molecule has 0 saturated carbocycles. The third-order valence-electron chi connectivity index (χ3n) is 1.52. The van der Waals surface area contributed by atoms with Crippen molar-refractivity contribution in [3.05, 3.63) is 27.7 Å². The normalized spacial score (nSPS) is 9.93. The van der Waals surface area contributed by atoms with Gasteiger partial charge in [0.15, 0.2) is 0 Å². The molecule has 0 saturated heterocycles. The van der Waals surface area contributed by atoms with Gasteiger partial charge in [-0.1, -0.05) is 27.5 Å². The van der Waals surface area contributed by atoms with E-state index in [1.165, 1.54) is 0 Å². The molecule has 1 N–H and O–H groups in total. The minimum atomic E-state index is -0.0175. The lowest BCUT2D eigenvalue weighted by Crippen LogP contribution is -2.11. The predicted octanol–water partition coefficient (Wildman–Crippen LogP) is 3.83. The van der Waals surface area contributed by atoms with Crippen LogP contribution in [0.4, 0.5) is 5.69 Å². The molecule has 0 aromatic heterocycles. The quantitative estimate of drug-likeness (QED) is 0.832. The molecule has 1 aromatic carbocycles. The summed E-state index contributed by atoms with van der Waals surface area (Å²) >= 11 is 12.3. The minimum Gasteiger partial charge on any atom is -0.326 e. The number of benzene rings is 1. The van der Waals surface area contributed by atoms with Crippen LogP contribution in [0.1, 0.15) is 6.42 Å². The molecule has 0 aliphatic heterocycles. The molecule has 0 unspecified atom stereocenters. The Hall–Kier alpha value is -0.0600. The number of hydrogen-bond acceptors (Lipinski definition) is 1. The van der Waals surface area contributed by atoms with Gasteiger partial charge in [-0.25, -0.2) is 0 Å². The van der Waals surface area contributed by atoms with E-state index in [1.807, 2.05) is 0 Å². The van der Waals surface area contributed by atoms with Crippen molar-refractivity contribution in [1.29, 1.82) is 0 Å². The Morgan fingerprint density at radius 1 is 1.50 bits per heavy atom. The molecule has 0 bridgehead atoms. The number of halogens is 3. The first-order chi connectivity index (χ1) is 6.63. The van der Waals surface area contributed by atoms with Crippen molar-refractivity contribution in [2.45, 2.75) is 6.42 Å². The van der Waals surface area contributed by atoms with Gasteiger partial charge in [-0.3, -0.25) is 4.79 Å². The topological polar surface area (TPSA) is 29.1 Å². The Morgan fingerprint density at radius 3 is 2.79 bits per heavy atom. The highest BCUT2D eigenvalue weighted by Crippen LogP contribution is 2.25. The number of alkyl halides is 1. The lowest BCUT2D eigenvalue weighted by atomic mass is 10.3. The number of carbonyl (C=O) groups is 1. The number of carbonyl (C=O) groups excluding carboxylic acids is 1. The van der Waals surface area contributed by atoms with Crippen molar-refractivity contribution in [2.24, 2.45) is 0 Å². The summed E-state index contributed by atoms with van der Waals surface area (Å²) in [4.78, 5) is 11.2. The van der Waals surface area contributed by atoms with E-state index < -0.39 is 0 Å². The van der Waals surface area contributed by atoms with Crippen LogP contribution in [0.2, 0.25) is 5.02 Å². The van der Waals surface area contributed by atoms with Crippen molar-refractivity contribution in [1.82, 2.24) is 0 Å². The first-order valence-corrected chi connectivity index (χ1v) is 6.23. The zero-order valence-electron chi connectivity index (χ0n) is 7.19. The molecule has 0 radical (unpaired) electrons. The average Bonchev–Trinajstić information content (AvgIpc) is 2.12. The second-order valence-corrected chi connectivity index (χ2v) is 4.67. The van der Waals surface area contributed by atoms with Crippen LogP contribution < -0.4 is 5.32 Å². The SMILES string of the molecule is O=C(CCBr)Nc1ccc(Cl)c(Br)c1. The van der Waals surface area contributed by atoms with Crippen molar-refractivity contribution in [3.63, 3.8) is 0 Å². The van der Waals surface area contributed by atoms with Gasteiger partial charge in [0, 0.05) is 21.9 Å². The molecule has 0 atom stereocenters. The van der Waals surface area contributed by atoms with E-state index in [4.69, 9.17) is 11.6 Å². The van der Waals surface area contributed by atoms with Crippen molar-refractivity contribution in [2.75, 3.05) is 10.6 Å². The molecule has 5 heteroatoms. The summed E-state index contributed by atoms with van der Waals surface area (Å²) in [6, 6.07) is 5.27. The maximum atomic E-state index is 11.2. The van der Waals surface area contributed by atoms with E-state index >= 15 is 0 Å². The molecule has 1 amide bonds. The Labute approximate surface area is 104 Å². The van der Waals surface area contributed by atoms with Crippen molar-refractivity contribution >= 4 is 55.1 Å².